The number of nitrogens with zero attached hydrogens (tertiary/aromatic N) is 2. The van der Waals surface area contributed by atoms with E-state index in [-0.39, 0.29) is 30.1 Å². The maximum absolute atomic E-state index is 13.5. The normalized spacial score (nSPS) is 19.4. The van der Waals surface area contributed by atoms with Crippen molar-refractivity contribution in [1.82, 2.24) is 15.2 Å². The van der Waals surface area contributed by atoms with Gasteiger partial charge in [0.2, 0.25) is 11.8 Å². The van der Waals surface area contributed by atoms with Gasteiger partial charge in [-0.2, -0.15) is 11.8 Å². The van der Waals surface area contributed by atoms with E-state index in [1.165, 1.54) is 12.1 Å². The fourth-order valence-electron chi connectivity index (χ4n) is 3.48. The Bertz CT molecular complexity index is 831. The number of halogens is 1. The molecule has 2 atom stereocenters. The van der Waals surface area contributed by atoms with Crippen molar-refractivity contribution in [3.63, 3.8) is 0 Å². The Hall–Kier alpha value is -2.41. The minimum Gasteiger partial charge on any atom is -0.352 e. The quantitative estimate of drug-likeness (QED) is 0.828. The molecule has 0 saturated carbocycles. The first-order valence-corrected chi connectivity index (χ1v) is 10.1. The standard InChI is InChI=1S/C20H22FN3O2S/c1-24-18(25)9-17(19(24)14-4-3-7-22-10-14)20(26)23-11-13-5-6-16(21)8-15(13)12-27-2/h3-8,10,17,19H,9,11-12H2,1-2H3,(H,23,26)/t17-,19+/m1/s1. The van der Waals surface area contributed by atoms with Crippen LogP contribution in [0.15, 0.2) is 42.7 Å². The van der Waals surface area contributed by atoms with Crippen LogP contribution in [0.2, 0.25) is 0 Å². The monoisotopic (exact) mass is 387 g/mol. The van der Waals surface area contributed by atoms with Crippen LogP contribution in [0, 0.1) is 11.7 Å². The number of hydrogen-bond acceptors (Lipinski definition) is 4. The van der Waals surface area contributed by atoms with Gasteiger partial charge in [-0.05, 0) is 41.1 Å². The predicted octanol–water partition coefficient (Wildman–Crippen LogP) is 2.92. The first-order valence-electron chi connectivity index (χ1n) is 8.70. The van der Waals surface area contributed by atoms with Crippen LogP contribution in [0.1, 0.15) is 29.2 Å². The molecule has 2 amide bonds. The Balaban J connectivity index is 1.75. The van der Waals surface area contributed by atoms with Crippen LogP contribution >= 0.6 is 11.8 Å². The largest absolute Gasteiger partial charge is 0.352 e. The average molecular weight is 387 g/mol. The summed E-state index contributed by atoms with van der Waals surface area (Å²) in [5.41, 5.74) is 2.59. The molecule has 1 saturated heterocycles. The number of pyridine rings is 1. The van der Waals surface area contributed by atoms with E-state index in [0.717, 1.165) is 16.7 Å². The van der Waals surface area contributed by atoms with Crippen molar-refractivity contribution in [2.45, 2.75) is 24.8 Å². The van der Waals surface area contributed by atoms with Crippen LogP contribution < -0.4 is 5.32 Å². The number of likely N-dealkylation sites (tertiary alicyclic amines) is 1. The lowest BCUT2D eigenvalue weighted by molar-refractivity contribution is -0.128. The summed E-state index contributed by atoms with van der Waals surface area (Å²) >= 11 is 1.60. The highest BCUT2D eigenvalue weighted by Crippen LogP contribution is 2.36. The fraction of sp³-hybridized carbons (Fsp3) is 0.350. The van der Waals surface area contributed by atoms with Gasteiger partial charge in [-0.1, -0.05) is 12.1 Å². The number of rotatable bonds is 6. The Morgan fingerprint density at radius 2 is 2.19 bits per heavy atom. The van der Waals surface area contributed by atoms with Gasteiger partial charge in [-0.15, -0.1) is 0 Å². The van der Waals surface area contributed by atoms with Crippen molar-refractivity contribution in [3.8, 4) is 0 Å². The number of nitrogens with one attached hydrogen (secondary N) is 1. The first kappa shape index (κ1) is 19.4. The van der Waals surface area contributed by atoms with E-state index in [2.05, 4.69) is 10.3 Å². The van der Waals surface area contributed by atoms with E-state index >= 15 is 0 Å². The van der Waals surface area contributed by atoms with Gasteiger partial charge in [0.05, 0.1) is 12.0 Å². The summed E-state index contributed by atoms with van der Waals surface area (Å²) in [6.45, 7) is 0.309. The maximum Gasteiger partial charge on any atom is 0.226 e. The van der Waals surface area contributed by atoms with Gasteiger partial charge >= 0.3 is 0 Å². The zero-order valence-corrected chi connectivity index (χ0v) is 16.1. The van der Waals surface area contributed by atoms with Crippen LogP contribution in [0.25, 0.3) is 0 Å². The second-order valence-electron chi connectivity index (χ2n) is 6.61. The van der Waals surface area contributed by atoms with E-state index in [0.29, 0.717) is 12.3 Å². The Kier molecular flexibility index (Phi) is 6.11. The highest BCUT2D eigenvalue weighted by molar-refractivity contribution is 7.97. The summed E-state index contributed by atoms with van der Waals surface area (Å²) < 4.78 is 13.5. The molecule has 0 radical (unpaired) electrons. The number of carbonyl (C=O) groups is 2. The van der Waals surface area contributed by atoms with Gasteiger partial charge in [-0.3, -0.25) is 14.6 Å². The predicted molar refractivity (Wildman–Crippen MR) is 103 cm³/mol. The summed E-state index contributed by atoms with van der Waals surface area (Å²) in [4.78, 5) is 30.8. The van der Waals surface area contributed by atoms with Crippen molar-refractivity contribution in [2.75, 3.05) is 13.3 Å². The average Bonchev–Trinajstić information content (AvgIpc) is 2.97. The Morgan fingerprint density at radius 1 is 1.37 bits per heavy atom. The fourth-order valence-corrected chi connectivity index (χ4v) is 4.06. The van der Waals surface area contributed by atoms with E-state index in [4.69, 9.17) is 0 Å². The third-order valence-electron chi connectivity index (χ3n) is 4.87. The smallest absolute Gasteiger partial charge is 0.226 e. The third-order valence-corrected chi connectivity index (χ3v) is 5.47. The Morgan fingerprint density at radius 3 is 2.89 bits per heavy atom. The van der Waals surface area contributed by atoms with Gasteiger partial charge in [-0.25, -0.2) is 4.39 Å². The summed E-state index contributed by atoms with van der Waals surface area (Å²) in [6, 6.07) is 7.95. The molecule has 1 aliphatic rings. The molecule has 1 aliphatic heterocycles. The van der Waals surface area contributed by atoms with Crippen LogP contribution in [0.5, 0.6) is 0 Å². The molecular weight excluding hydrogens is 365 g/mol. The number of carbonyl (C=O) groups excluding carboxylic acids is 2. The topological polar surface area (TPSA) is 62.3 Å². The van der Waals surface area contributed by atoms with Gasteiger partial charge in [0, 0.05) is 38.2 Å². The number of amides is 2. The highest BCUT2D eigenvalue weighted by atomic mass is 32.2. The van der Waals surface area contributed by atoms with Crippen molar-refractivity contribution in [1.29, 1.82) is 0 Å². The SMILES string of the molecule is CSCc1cc(F)ccc1CNC(=O)[C@@H]1CC(=O)N(C)[C@H]1c1cccnc1. The number of aromatic nitrogens is 1. The molecule has 1 aromatic carbocycles. The zero-order valence-electron chi connectivity index (χ0n) is 15.3. The number of benzene rings is 1. The van der Waals surface area contributed by atoms with Crippen LogP contribution in [-0.4, -0.2) is 35.0 Å². The molecule has 0 bridgehead atoms. The molecule has 142 valence electrons. The molecule has 0 unspecified atom stereocenters. The lowest BCUT2D eigenvalue weighted by atomic mass is 9.94. The maximum atomic E-state index is 13.5. The molecule has 1 aromatic heterocycles. The summed E-state index contributed by atoms with van der Waals surface area (Å²) in [5, 5.41) is 2.93. The second kappa shape index (κ2) is 8.52. The minimum atomic E-state index is -0.476. The molecule has 27 heavy (non-hydrogen) atoms. The van der Waals surface area contributed by atoms with Crippen LogP contribution in [-0.2, 0) is 21.9 Å². The lowest BCUT2D eigenvalue weighted by Crippen LogP contribution is -2.34. The molecule has 2 aromatic rings. The van der Waals surface area contributed by atoms with Gasteiger partial charge in [0.1, 0.15) is 5.82 Å². The first-order chi connectivity index (χ1) is 13.0. The number of thioether (sulfide) groups is 1. The van der Waals surface area contributed by atoms with Gasteiger partial charge in [0.15, 0.2) is 0 Å². The summed E-state index contributed by atoms with van der Waals surface area (Å²) in [7, 11) is 1.71. The lowest BCUT2D eigenvalue weighted by Gasteiger charge is -2.24. The van der Waals surface area contributed by atoms with Gasteiger partial charge in [0.25, 0.3) is 0 Å². The van der Waals surface area contributed by atoms with E-state index in [9.17, 15) is 14.0 Å². The molecule has 1 fully saturated rings. The van der Waals surface area contributed by atoms with E-state index < -0.39 is 5.92 Å². The van der Waals surface area contributed by atoms with E-state index in [1.54, 1.807) is 48.2 Å². The zero-order chi connectivity index (χ0) is 19.4. The molecule has 5 nitrogen and oxygen atoms in total. The molecule has 0 spiro atoms. The molecular formula is C20H22FN3O2S. The van der Waals surface area contributed by atoms with Crippen LogP contribution in [0.4, 0.5) is 4.39 Å². The summed E-state index contributed by atoms with van der Waals surface area (Å²) in [5.74, 6) is -0.328. The van der Waals surface area contributed by atoms with E-state index in [1.807, 2.05) is 12.3 Å². The van der Waals surface area contributed by atoms with Crippen molar-refractivity contribution in [3.05, 3.63) is 65.2 Å². The Labute approximate surface area is 162 Å². The number of hydrogen-bond donors (Lipinski definition) is 1. The third kappa shape index (κ3) is 4.30. The second-order valence-corrected chi connectivity index (χ2v) is 7.48. The molecule has 1 N–H and O–H groups in total. The van der Waals surface area contributed by atoms with Gasteiger partial charge < -0.3 is 10.2 Å². The van der Waals surface area contributed by atoms with Crippen molar-refractivity contribution >= 4 is 23.6 Å². The van der Waals surface area contributed by atoms with Crippen LogP contribution in [0.3, 0.4) is 0 Å². The molecule has 2 heterocycles. The minimum absolute atomic E-state index is 0.0612. The van der Waals surface area contributed by atoms with Crippen molar-refractivity contribution < 1.29 is 14.0 Å². The van der Waals surface area contributed by atoms with Crippen molar-refractivity contribution in [2.24, 2.45) is 5.92 Å². The highest BCUT2D eigenvalue weighted by Gasteiger charge is 2.42. The molecule has 7 heteroatoms. The molecule has 3 rings (SSSR count). The molecule has 0 aliphatic carbocycles. The summed E-state index contributed by atoms with van der Waals surface area (Å²) in [6.07, 6.45) is 5.47.